The van der Waals surface area contributed by atoms with E-state index in [1.165, 1.54) is 5.56 Å². The van der Waals surface area contributed by atoms with Crippen molar-refractivity contribution in [2.24, 2.45) is 5.73 Å². The quantitative estimate of drug-likeness (QED) is 0.657. The summed E-state index contributed by atoms with van der Waals surface area (Å²) in [7, 11) is 0. The fourth-order valence-electron chi connectivity index (χ4n) is 1.35. The maximum absolute atomic E-state index is 5.67. The van der Waals surface area contributed by atoms with Crippen molar-refractivity contribution in [3.63, 3.8) is 0 Å². The summed E-state index contributed by atoms with van der Waals surface area (Å²) in [4.78, 5) is 6.49. The van der Waals surface area contributed by atoms with Gasteiger partial charge < -0.3 is 10.6 Å². The molecule has 0 unspecified atom stereocenters. The summed E-state index contributed by atoms with van der Waals surface area (Å²) < 4.78 is 0. The fraction of sp³-hybridized carbons (Fsp3) is 0.444. The summed E-state index contributed by atoms with van der Waals surface area (Å²) in [5, 5.41) is 0. The molecule has 0 aromatic carbocycles. The highest BCUT2D eigenvalue weighted by Crippen LogP contribution is 2.16. The molecule has 0 saturated carbocycles. The van der Waals surface area contributed by atoms with E-state index >= 15 is 0 Å². The van der Waals surface area contributed by atoms with E-state index in [0.29, 0.717) is 6.04 Å². The molecule has 2 N–H and O–H groups in total. The minimum Gasteiger partial charge on any atom is -0.353 e. The summed E-state index contributed by atoms with van der Waals surface area (Å²) in [5.74, 6) is 1.04. The van der Waals surface area contributed by atoms with E-state index in [1.807, 2.05) is 19.2 Å². The van der Waals surface area contributed by atoms with E-state index in [9.17, 15) is 0 Å². The molecule has 12 heavy (non-hydrogen) atoms. The van der Waals surface area contributed by atoms with Crippen molar-refractivity contribution in [3.8, 4) is 0 Å². The first kappa shape index (κ1) is 7.55. The number of hydrogen-bond donors (Lipinski definition) is 1. The van der Waals surface area contributed by atoms with Crippen LogP contribution in [0.5, 0.6) is 0 Å². The monoisotopic (exact) mass is 163 g/mol. The van der Waals surface area contributed by atoms with Gasteiger partial charge in [-0.1, -0.05) is 6.07 Å². The third kappa shape index (κ3) is 1.28. The molecule has 2 rings (SSSR count). The molecule has 1 aromatic heterocycles. The molecule has 1 aliphatic rings. The molecule has 0 spiro atoms. The second kappa shape index (κ2) is 2.75. The Morgan fingerprint density at radius 1 is 1.50 bits per heavy atom. The zero-order chi connectivity index (χ0) is 8.55. The zero-order valence-corrected chi connectivity index (χ0v) is 7.20. The molecule has 0 aliphatic carbocycles. The summed E-state index contributed by atoms with van der Waals surface area (Å²) >= 11 is 0. The molecule has 1 saturated heterocycles. The van der Waals surface area contributed by atoms with Gasteiger partial charge in [-0.2, -0.15) is 0 Å². The van der Waals surface area contributed by atoms with Gasteiger partial charge in [-0.15, -0.1) is 0 Å². The Hall–Kier alpha value is -1.09. The molecule has 0 bridgehead atoms. The van der Waals surface area contributed by atoms with Gasteiger partial charge in [0.1, 0.15) is 5.82 Å². The first-order valence-corrected chi connectivity index (χ1v) is 4.19. The van der Waals surface area contributed by atoms with Gasteiger partial charge in [0.2, 0.25) is 0 Å². The number of anilines is 1. The number of aromatic nitrogens is 1. The average molecular weight is 163 g/mol. The Bertz CT molecular complexity index is 262. The van der Waals surface area contributed by atoms with Crippen molar-refractivity contribution < 1.29 is 0 Å². The maximum Gasteiger partial charge on any atom is 0.128 e. The molecule has 2 heterocycles. The van der Waals surface area contributed by atoms with Gasteiger partial charge >= 0.3 is 0 Å². The Morgan fingerprint density at radius 2 is 2.25 bits per heavy atom. The van der Waals surface area contributed by atoms with E-state index in [4.69, 9.17) is 5.73 Å². The molecule has 0 radical (unpaired) electrons. The number of nitrogens with two attached hydrogens (primary N) is 1. The third-order valence-electron chi connectivity index (χ3n) is 2.13. The fourth-order valence-corrected chi connectivity index (χ4v) is 1.35. The molecule has 1 fully saturated rings. The summed E-state index contributed by atoms with van der Waals surface area (Å²) in [6, 6.07) is 4.46. The van der Waals surface area contributed by atoms with Gasteiger partial charge in [0.05, 0.1) is 0 Å². The molecule has 64 valence electrons. The van der Waals surface area contributed by atoms with Gasteiger partial charge in [0.25, 0.3) is 0 Å². The van der Waals surface area contributed by atoms with Crippen molar-refractivity contribution in [3.05, 3.63) is 23.9 Å². The molecule has 1 aromatic rings. The molecule has 3 nitrogen and oxygen atoms in total. The smallest absolute Gasteiger partial charge is 0.128 e. The minimum absolute atomic E-state index is 0.341. The summed E-state index contributed by atoms with van der Waals surface area (Å²) in [6.45, 7) is 3.92. The lowest BCUT2D eigenvalue weighted by Crippen LogP contribution is -2.56. The van der Waals surface area contributed by atoms with Crippen molar-refractivity contribution in [2.45, 2.75) is 13.0 Å². The van der Waals surface area contributed by atoms with E-state index in [0.717, 1.165) is 18.9 Å². The van der Waals surface area contributed by atoms with Crippen LogP contribution >= 0.6 is 0 Å². The number of nitrogens with zero attached hydrogens (tertiary/aromatic N) is 2. The third-order valence-corrected chi connectivity index (χ3v) is 2.13. The largest absolute Gasteiger partial charge is 0.353 e. The predicted octanol–water partition coefficient (Wildman–Crippen LogP) is 0.537. The van der Waals surface area contributed by atoms with Crippen LogP contribution in [0.4, 0.5) is 5.82 Å². The van der Waals surface area contributed by atoms with Crippen LogP contribution in [-0.2, 0) is 0 Å². The van der Waals surface area contributed by atoms with Crippen LogP contribution in [0.2, 0.25) is 0 Å². The lowest BCUT2D eigenvalue weighted by molar-refractivity contribution is 0.514. The van der Waals surface area contributed by atoms with Gasteiger partial charge in [-0.3, -0.25) is 0 Å². The molecule has 0 atom stereocenters. The van der Waals surface area contributed by atoms with E-state index in [-0.39, 0.29) is 0 Å². The van der Waals surface area contributed by atoms with Gasteiger partial charge in [0.15, 0.2) is 0 Å². The van der Waals surface area contributed by atoms with Crippen molar-refractivity contribution >= 4 is 5.82 Å². The van der Waals surface area contributed by atoms with Crippen LogP contribution in [-0.4, -0.2) is 24.1 Å². The first-order chi connectivity index (χ1) is 5.75. The van der Waals surface area contributed by atoms with Gasteiger partial charge in [-0.05, 0) is 18.6 Å². The Labute approximate surface area is 72.2 Å². The zero-order valence-electron chi connectivity index (χ0n) is 7.20. The van der Waals surface area contributed by atoms with E-state index in [1.54, 1.807) is 0 Å². The second-order valence-corrected chi connectivity index (χ2v) is 3.36. The van der Waals surface area contributed by atoms with Crippen LogP contribution in [0.25, 0.3) is 0 Å². The van der Waals surface area contributed by atoms with Crippen molar-refractivity contribution in [2.75, 3.05) is 18.0 Å². The SMILES string of the molecule is Cc1ccc(N2CC(N)C2)nc1. The van der Waals surface area contributed by atoms with Crippen LogP contribution in [0, 0.1) is 6.92 Å². The maximum atomic E-state index is 5.67. The van der Waals surface area contributed by atoms with Crippen LogP contribution in [0.3, 0.4) is 0 Å². The normalized spacial score (nSPS) is 17.7. The lowest BCUT2D eigenvalue weighted by Gasteiger charge is -2.37. The highest BCUT2D eigenvalue weighted by atomic mass is 15.3. The topological polar surface area (TPSA) is 42.1 Å². The van der Waals surface area contributed by atoms with E-state index in [2.05, 4.69) is 16.0 Å². The molecule has 1 aliphatic heterocycles. The first-order valence-electron chi connectivity index (χ1n) is 4.19. The highest BCUT2D eigenvalue weighted by Gasteiger charge is 2.23. The number of rotatable bonds is 1. The molecular weight excluding hydrogens is 150 g/mol. The Balaban J connectivity index is 2.09. The Kier molecular flexibility index (Phi) is 1.73. The Morgan fingerprint density at radius 3 is 2.75 bits per heavy atom. The second-order valence-electron chi connectivity index (χ2n) is 3.36. The minimum atomic E-state index is 0.341. The average Bonchev–Trinajstić information content (AvgIpc) is 2.01. The number of pyridine rings is 1. The van der Waals surface area contributed by atoms with Crippen molar-refractivity contribution in [1.29, 1.82) is 0 Å². The summed E-state index contributed by atoms with van der Waals surface area (Å²) in [6.07, 6.45) is 1.89. The van der Waals surface area contributed by atoms with Gasteiger partial charge in [-0.25, -0.2) is 4.98 Å². The van der Waals surface area contributed by atoms with Crippen molar-refractivity contribution in [1.82, 2.24) is 4.98 Å². The lowest BCUT2D eigenvalue weighted by atomic mass is 10.1. The highest BCUT2D eigenvalue weighted by molar-refractivity contribution is 5.42. The number of aryl methyl sites for hydroxylation is 1. The van der Waals surface area contributed by atoms with E-state index < -0.39 is 0 Å². The predicted molar refractivity (Wildman–Crippen MR) is 49.2 cm³/mol. The van der Waals surface area contributed by atoms with Crippen LogP contribution in [0.1, 0.15) is 5.56 Å². The number of hydrogen-bond acceptors (Lipinski definition) is 3. The molecular formula is C9H13N3. The van der Waals surface area contributed by atoms with Gasteiger partial charge in [0, 0.05) is 25.3 Å². The van der Waals surface area contributed by atoms with Crippen LogP contribution < -0.4 is 10.6 Å². The summed E-state index contributed by atoms with van der Waals surface area (Å²) in [5.41, 5.74) is 6.86. The molecule has 3 heteroatoms. The molecule has 0 amide bonds. The van der Waals surface area contributed by atoms with Crippen LogP contribution in [0.15, 0.2) is 18.3 Å². The standard InChI is InChI=1S/C9H13N3/c1-7-2-3-9(11-4-7)12-5-8(10)6-12/h2-4,8H,5-6,10H2,1H3.